The summed E-state index contributed by atoms with van der Waals surface area (Å²) in [4.78, 5) is 0. The molecule has 14 aromatic rings. The third-order valence-electron chi connectivity index (χ3n) is 14.7. The number of nitrogens with zero attached hydrogens (tertiary/aromatic N) is 2. The van der Waals surface area contributed by atoms with Gasteiger partial charge in [-0.2, -0.15) is 0 Å². The predicted octanol–water partition coefficient (Wildman–Crippen LogP) is 14.5. The standard InChI is InChI=1S/C66H44N2OSi/c1-6-22-45(23-7-1)67-60-38-18-16-32-52(60)55-42-43-61-63(65(55)67)58-37-20-34-54(64(58)68(61)46-24-8-2-9-25-46)51-41-40-50(44-59(51)57-36-21-35-56-53-33-17-19-39-62(53)69-66(56)57)70(47-26-10-3-11-27-47,48-28-12-4-13-29-48)49-30-14-5-15-31-49/h1-44H. The molecule has 0 spiro atoms. The van der Waals surface area contributed by atoms with E-state index in [1.54, 1.807) is 0 Å². The second kappa shape index (κ2) is 16.1. The molecule has 0 unspecified atom stereocenters. The summed E-state index contributed by atoms with van der Waals surface area (Å²) >= 11 is 0. The van der Waals surface area contributed by atoms with Crippen molar-refractivity contribution < 1.29 is 4.42 Å². The van der Waals surface area contributed by atoms with Crippen molar-refractivity contribution in [2.45, 2.75) is 0 Å². The molecular formula is C66H44N2OSi. The van der Waals surface area contributed by atoms with Crippen LogP contribution in [0.3, 0.4) is 0 Å². The lowest BCUT2D eigenvalue weighted by Gasteiger charge is -2.35. The molecule has 328 valence electrons. The molecule has 70 heavy (non-hydrogen) atoms. The van der Waals surface area contributed by atoms with Crippen LogP contribution in [0.4, 0.5) is 0 Å². The molecule has 0 radical (unpaired) electrons. The largest absolute Gasteiger partial charge is 0.455 e. The van der Waals surface area contributed by atoms with E-state index in [1.165, 1.54) is 53.3 Å². The molecule has 4 heteroatoms. The lowest BCUT2D eigenvalue weighted by atomic mass is 9.92. The van der Waals surface area contributed by atoms with Crippen molar-refractivity contribution in [3.63, 3.8) is 0 Å². The first-order valence-electron chi connectivity index (χ1n) is 24.1. The number of furan rings is 1. The van der Waals surface area contributed by atoms with E-state index in [9.17, 15) is 0 Å². The first-order valence-corrected chi connectivity index (χ1v) is 26.1. The lowest BCUT2D eigenvalue weighted by molar-refractivity contribution is 0.670. The second-order valence-corrected chi connectivity index (χ2v) is 22.1. The van der Waals surface area contributed by atoms with Crippen LogP contribution >= 0.6 is 0 Å². The van der Waals surface area contributed by atoms with E-state index in [4.69, 9.17) is 4.42 Å². The SMILES string of the molecule is c1ccc(-n2c3ccc4c5ccccc5n(-c5ccccc5)c4c3c3cccc(-c4ccc([Si](c5ccccc5)(c5ccccc5)c5ccccc5)cc4-c4cccc5c4oc4ccccc45)c32)cc1. The van der Waals surface area contributed by atoms with Gasteiger partial charge in [0, 0.05) is 54.8 Å². The zero-order chi connectivity index (χ0) is 46.2. The number of aromatic nitrogens is 2. The average Bonchev–Trinajstić information content (AvgIpc) is 4.11. The minimum absolute atomic E-state index is 0.883. The monoisotopic (exact) mass is 908 g/mol. The van der Waals surface area contributed by atoms with Gasteiger partial charge in [-0.05, 0) is 74.3 Å². The van der Waals surface area contributed by atoms with Crippen LogP contribution in [0.15, 0.2) is 271 Å². The van der Waals surface area contributed by atoms with E-state index in [-0.39, 0.29) is 0 Å². The minimum atomic E-state index is -2.96. The van der Waals surface area contributed by atoms with Crippen LogP contribution in [0.1, 0.15) is 0 Å². The Hall–Kier alpha value is -8.96. The maximum absolute atomic E-state index is 6.97. The number of fused-ring (bicyclic) bond motifs is 10. The molecule has 0 aliphatic heterocycles. The van der Waals surface area contributed by atoms with Gasteiger partial charge in [0.2, 0.25) is 0 Å². The molecule has 0 N–H and O–H groups in total. The highest BCUT2D eigenvalue weighted by atomic mass is 28.3. The fourth-order valence-corrected chi connectivity index (χ4v) is 16.5. The summed E-state index contributed by atoms with van der Waals surface area (Å²) in [5.41, 5.74) is 13.2. The summed E-state index contributed by atoms with van der Waals surface area (Å²) < 4.78 is 11.9. The Labute approximate surface area is 406 Å². The molecule has 0 fully saturated rings. The van der Waals surface area contributed by atoms with Gasteiger partial charge in [0.1, 0.15) is 11.2 Å². The van der Waals surface area contributed by atoms with Crippen LogP contribution in [0.5, 0.6) is 0 Å². The van der Waals surface area contributed by atoms with Gasteiger partial charge < -0.3 is 13.6 Å². The van der Waals surface area contributed by atoms with Crippen molar-refractivity contribution in [2.75, 3.05) is 0 Å². The maximum Gasteiger partial charge on any atom is 0.179 e. The highest BCUT2D eigenvalue weighted by Gasteiger charge is 2.42. The number of benzene rings is 11. The zero-order valence-corrected chi connectivity index (χ0v) is 39.2. The van der Waals surface area contributed by atoms with Crippen LogP contribution in [-0.2, 0) is 0 Å². The highest BCUT2D eigenvalue weighted by Crippen LogP contribution is 2.47. The van der Waals surface area contributed by atoms with E-state index in [2.05, 4.69) is 276 Å². The van der Waals surface area contributed by atoms with Crippen LogP contribution in [-0.4, -0.2) is 17.2 Å². The molecule has 0 saturated carbocycles. The molecule has 3 nitrogen and oxygen atoms in total. The predicted molar refractivity (Wildman–Crippen MR) is 297 cm³/mol. The fourth-order valence-electron chi connectivity index (χ4n) is 11.8. The summed E-state index contributed by atoms with van der Waals surface area (Å²) in [5.74, 6) is 0. The van der Waals surface area contributed by atoms with Gasteiger partial charge in [0.05, 0.1) is 22.1 Å². The Kier molecular flexibility index (Phi) is 9.23. The third kappa shape index (κ3) is 5.94. The van der Waals surface area contributed by atoms with Gasteiger partial charge in [-0.25, -0.2) is 0 Å². The van der Waals surface area contributed by atoms with Crippen molar-refractivity contribution in [2.24, 2.45) is 0 Å². The Morgan fingerprint density at radius 2 is 0.800 bits per heavy atom. The van der Waals surface area contributed by atoms with Crippen LogP contribution < -0.4 is 20.7 Å². The Balaban J connectivity index is 1.15. The van der Waals surface area contributed by atoms with Crippen molar-refractivity contribution in [3.8, 4) is 33.6 Å². The molecular weight excluding hydrogens is 865 g/mol. The summed E-state index contributed by atoms with van der Waals surface area (Å²) in [5, 5.41) is 12.4. The molecule has 14 rings (SSSR count). The Bertz CT molecular complexity index is 4170. The molecule has 3 heterocycles. The quantitative estimate of drug-likeness (QED) is 0.110. The average molecular weight is 909 g/mol. The normalized spacial score (nSPS) is 12.0. The number of rotatable bonds is 8. The molecule has 3 aromatic heterocycles. The minimum Gasteiger partial charge on any atom is -0.455 e. The maximum atomic E-state index is 6.97. The zero-order valence-electron chi connectivity index (χ0n) is 38.2. The van der Waals surface area contributed by atoms with Crippen LogP contribution in [0.25, 0.3) is 99.2 Å². The van der Waals surface area contributed by atoms with Crippen molar-refractivity contribution in [3.05, 3.63) is 267 Å². The van der Waals surface area contributed by atoms with Crippen LogP contribution in [0, 0.1) is 0 Å². The van der Waals surface area contributed by atoms with Crippen LogP contribution in [0.2, 0.25) is 0 Å². The summed E-state index contributed by atoms with van der Waals surface area (Å²) in [6.45, 7) is 0. The van der Waals surface area contributed by atoms with Gasteiger partial charge >= 0.3 is 0 Å². The van der Waals surface area contributed by atoms with Gasteiger partial charge in [-0.15, -0.1) is 0 Å². The third-order valence-corrected chi connectivity index (χ3v) is 19.4. The molecule has 11 aromatic carbocycles. The Morgan fingerprint density at radius 3 is 1.44 bits per heavy atom. The summed E-state index contributed by atoms with van der Waals surface area (Å²) in [6, 6.07) is 98.3. The van der Waals surface area contributed by atoms with Crippen molar-refractivity contribution in [1.29, 1.82) is 0 Å². The molecule has 0 atom stereocenters. The molecule has 0 aliphatic rings. The first-order chi connectivity index (χ1) is 34.8. The summed E-state index contributed by atoms with van der Waals surface area (Å²) in [6.07, 6.45) is 0. The lowest BCUT2D eigenvalue weighted by Crippen LogP contribution is -2.74. The van der Waals surface area contributed by atoms with E-state index in [0.717, 1.165) is 66.6 Å². The van der Waals surface area contributed by atoms with Gasteiger partial charge in [0.15, 0.2) is 8.07 Å². The molecule has 0 amide bonds. The molecule has 0 aliphatic carbocycles. The van der Waals surface area contributed by atoms with Gasteiger partial charge in [-0.3, -0.25) is 0 Å². The number of para-hydroxylation sites is 6. The summed E-state index contributed by atoms with van der Waals surface area (Å²) in [7, 11) is -2.96. The molecule has 0 saturated heterocycles. The first kappa shape index (κ1) is 40.1. The second-order valence-electron chi connectivity index (χ2n) is 18.3. The smallest absolute Gasteiger partial charge is 0.179 e. The Morgan fingerprint density at radius 1 is 0.286 bits per heavy atom. The van der Waals surface area contributed by atoms with Crippen molar-refractivity contribution >= 4 is 94.4 Å². The van der Waals surface area contributed by atoms with Gasteiger partial charge in [0.25, 0.3) is 0 Å². The fraction of sp³-hybridized carbons (Fsp3) is 0. The van der Waals surface area contributed by atoms with E-state index in [0.29, 0.717) is 0 Å². The highest BCUT2D eigenvalue weighted by molar-refractivity contribution is 7.20. The van der Waals surface area contributed by atoms with E-state index >= 15 is 0 Å². The number of hydrogen-bond donors (Lipinski definition) is 0. The van der Waals surface area contributed by atoms with E-state index in [1.807, 2.05) is 0 Å². The molecule has 0 bridgehead atoms. The number of hydrogen-bond acceptors (Lipinski definition) is 1. The van der Waals surface area contributed by atoms with Gasteiger partial charge in [-0.1, -0.05) is 224 Å². The topological polar surface area (TPSA) is 23.0 Å². The van der Waals surface area contributed by atoms with E-state index < -0.39 is 8.07 Å². The van der Waals surface area contributed by atoms with Crippen molar-refractivity contribution in [1.82, 2.24) is 9.13 Å².